The molecule has 1 aromatic rings. The predicted molar refractivity (Wildman–Crippen MR) is 82.7 cm³/mol. The van der Waals surface area contributed by atoms with Crippen molar-refractivity contribution in [3.8, 4) is 0 Å². The topological polar surface area (TPSA) is 52.3 Å². The lowest BCUT2D eigenvalue weighted by Gasteiger charge is -2.34. The van der Waals surface area contributed by atoms with Crippen molar-refractivity contribution in [1.29, 1.82) is 0 Å². The largest absolute Gasteiger partial charge is 0.378 e. The van der Waals surface area contributed by atoms with Crippen molar-refractivity contribution < 1.29 is 9.53 Å². The number of rotatable bonds is 6. The summed E-state index contributed by atoms with van der Waals surface area (Å²) in [7, 11) is 0. The van der Waals surface area contributed by atoms with E-state index in [1.807, 2.05) is 6.07 Å². The Morgan fingerprint density at radius 2 is 1.90 bits per heavy atom. The van der Waals surface area contributed by atoms with E-state index >= 15 is 0 Å². The molecule has 0 bridgehead atoms. The van der Waals surface area contributed by atoms with Gasteiger partial charge in [-0.1, -0.05) is 49.6 Å². The molecule has 0 saturated heterocycles. The van der Waals surface area contributed by atoms with Crippen LogP contribution in [0.4, 0.5) is 0 Å². The van der Waals surface area contributed by atoms with E-state index in [9.17, 15) is 4.79 Å². The Kier molecular flexibility index (Phi) is 4.29. The lowest BCUT2D eigenvalue weighted by atomic mass is 9.70. The molecule has 1 amide bonds. The van der Waals surface area contributed by atoms with Crippen LogP contribution in [0.25, 0.3) is 0 Å². The van der Waals surface area contributed by atoms with Crippen LogP contribution in [0.15, 0.2) is 30.3 Å². The van der Waals surface area contributed by atoms with E-state index in [2.05, 4.69) is 24.3 Å². The molecule has 2 unspecified atom stereocenters. The zero-order valence-corrected chi connectivity index (χ0v) is 12.6. The summed E-state index contributed by atoms with van der Waals surface area (Å²) in [5.41, 5.74) is 6.77. The molecule has 21 heavy (non-hydrogen) atoms. The molecule has 0 heterocycles. The molecule has 1 aromatic carbocycles. The molecule has 2 N–H and O–H groups in total. The summed E-state index contributed by atoms with van der Waals surface area (Å²) in [6.07, 6.45) is 7.63. The van der Waals surface area contributed by atoms with Gasteiger partial charge in [-0.3, -0.25) is 4.79 Å². The van der Waals surface area contributed by atoms with Crippen LogP contribution in [0.1, 0.15) is 44.1 Å². The van der Waals surface area contributed by atoms with Gasteiger partial charge in [0, 0.05) is 5.92 Å². The van der Waals surface area contributed by atoms with Gasteiger partial charge in [0.1, 0.15) is 0 Å². The Bertz CT molecular complexity index is 479. The van der Waals surface area contributed by atoms with Crippen LogP contribution in [0.2, 0.25) is 0 Å². The number of amides is 1. The van der Waals surface area contributed by atoms with Crippen LogP contribution in [-0.4, -0.2) is 18.6 Å². The average Bonchev–Trinajstić information content (AvgIpc) is 3.29. The van der Waals surface area contributed by atoms with E-state index in [1.54, 1.807) is 0 Å². The molecule has 0 spiro atoms. The van der Waals surface area contributed by atoms with E-state index in [0.29, 0.717) is 5.92 Å². The summed E-state index contributed by atoms with van der Waals surface area (Å²) in [5.74, 6) is 0.271. The predicted octanol–water partition coefficient (Wildman–Crippen LogP) is 3.07. The maximum absolute atomic E-state index is 12.0. The Hall–Kier alpha value is -1.35. The van der Waals surface area contributed by atoms with Crippen molar-refractivity contribution in [2.75, 3.05) is 6.61 Å². The molecular weight excluding hydrogens is 262 g/mol. The van der Waals surface area contributed by atoms with E-state index in [4.69, 9.17) is 10.5 Å². The normalized spacial score (nSPS) is 27.2. The van der Waals surface area contributed by atoms with Crippen LogP contribution in [0.5, 0.6) is 0 Å². The molecule has 0 radical (unpaired) electrons. The zero-order chi connectivity index (χ0) is 14.7. The SMILES string of the molecule is NC(=O)C1(C2CC2OCCc2ccccc2)CCCCC1. The van der Waals surface area contributed by atoms with Gasteiger partial charge in [0.05, 0.1) is 18.1 Å². The quantitative estimate of drug-likeness (QED) is 0.874. The smallest absolute Gasteiger partial charge is 0.224 e. The number of ether oxygens (including phenoxy) is 1. The minimum atomic E-state index is -0.268. The van der Waals surface area contributed by atoms with E-state index in [1.165, 1.54) is 12.0 Å². The van der Waals surface area contributed by atoms with Gasteiger partial charge >= 0.3 is 0 Å². The Balaban J connectivity index is 1.50. The molecule has 3 nitrogen and oxygen atoms in total. The van der Waals surface area contributed by atoms with Crippen LogP contribution in [-0.2, 0) is 16.0 Å². The van der Waals surface area contributed by atoms with Gasteiger partial charge < -0.3 is 10.5 Å². The summed E-state index contributed by atoms with van der Waals surface area (Å²) in [5, 5.41) is 0. The van der Waals surface area contributed by atoms with Crippen molar-refractivity contribution in [2.45, 2.75) is 51.0 Å². The van der Waals surface area contributed by atoms with Crippen molar-refractivity contribution in [3.05, 3.63) is 35.9 Å². The van der Waals surface area contributed by atoms with Gasteiger partial charge in [0.25, 0.3) is 0 Å². The lowest BCUT2D eigenvalue weighted by Crippen LogP contribution is -2.41. The molecule has 0 aromatic heterocycles. The van der Waals surface area contributed by atoms with Crippen molar-refractivity contribution in [1.82, 2.24) is 0 Å². The highest BCUT2D eigenvalue weighted by molar-refractivity contribution is 5.82. The van der Waals surface area contributed by atoms with Crippen molar-refractivity contribution >= 4 is 5.91 Å². The first kappa shape index (κ1) is 14.6. The maximum Gasteiger partial charge on any atom is 0.224 e. The van der Waals surface area contributed by atoms with E-state index < -0.39 is 0 Å². The van der Waals surface area contributed by atoms with Gasteiger partial charge in [-0.15, -0.1) is 0 Å². The minimum Gasteiger partial charge on any atom is -0.378 e. The third-order valence-electron chi connectivity index (χ3n) is 5.24. The van der Waals surface area contributed by atoms with Crippen molar-refractivity contribution in [3.63, 3.8) is 0 Å². The van der Waals surface area contributed by atoms with E-state index in [0.717, 1.165) is 45.1 Å². The summed E-state index contributed by atoms with van der Waals surface area (Å²) in [6.45, 7) is 0.736. The van der Waals surface area contributed by atoms with Gasteiger partial charge in [-0.05, 0) is 31.2 Å². The number of carbonyl (C=O) groups excluding carboxylic acids is 1. The maximum atomic E-state index is 12.0. The molecule has 2 fully saturated rings. The second-order valence-corrected chi connectivity index (χ2v) is 6.57. The lowest BCUT2D eigenvalue weighted by molar-refractivity contribution is -0.132. The van der Waals surface area contributed by atoms with Crippen LogP contribution in [0, 0.1) is 11.3 Å². The second-order valence-electron chi connectivity index (χ2n) is 6.57. The minimum absolute atomic E-state index is 0.0960. The molecule has 114 valence electrons. The van der Waals surface area contributed by atoms with Crippen molar-refractivity contribution in [2.24, 2.45) is 17.1 Å². The third-order valence-corrected chi connectivity index (χ3v) is 5.24. The van der Waals surface area contributed by atoms with Crippen LogP contribution in [0.3, 0.4) is 0 Å². The summed E-state index contributed by atoms with van der Waals surface area (Å²) < 4.78 is 5.99. The highest BCUT2D eigenvalue weighted by atomic mass is 16.5. The fraction of sp³-hybridized carbons (Fsp3) is 0.611. The molecule has 2 aliphatic rings. The van der Waals surface area contributed by atoms with E-state index in [-0.39, 0.29) is 17.4 Å². The summed E-state index contributed by atoms with van der Waals surface area (Å²) in [4.78, 5) is 12.0. The van der Waals surface area contributed by atoms with Gasteiger partial charge in [-0.25, -0.2) is 0 Å². The first-order valence-corrected chi connectivity index (χ1v) is 8.18. The number of carbonyl (C=O) groups is 1. The number of primary amides is 1. The van der Waals surface area contributed by atoms with Crippen LogP contribution >= 0.6 is 0 Å². The first-order chi connectivity index (χ1) is 10.2. The Morgan fingerprint density at radius 1 is 1.19 bits per heavy atom. The fourth-order valence-corrected chi connectivity index (χ4v) is 3.89. The number of benzene rings is 1. The highest BCUT2D eigenvalue weighted by Gasteiger charge is 2.56. The standard InChI is InChI=1S/C18H25NO2/c19-17(20)18(10-5-2-6-11-18)15-13-16(15)21-12-9-14-7-3-1-4-8-14/h1,3-4,7-8,15-16H,2,5-6,9-13H2,(H2,19,20). The summed E-state index contributed by atoms with van der Waals surface area (Å²) >= 11 is 0. The highest BCUT2D eigenvalue weighted by Crippen LogP contribution is 2.54. The molecule has 2 aliphatic carbocycles. The monoisotopic (exact) mass is 287 g/mol. The number of hydrogen-bond acceptors (Lipinski definition) is 2. The number of hydrogen-bond donors (Lipinski definition) is 1. The molecule has 0 aliphatic heterocycles. The van der Waals surface area contributed by atoms with Gasteiger partial charge in [-0.2, -0.15) is 0 Å². The van der Waals surface area contributed by atoms with Crippen LogP contribution < -0.4 is 5.73 Å². The Labute approximate surface area is 126 Å². The second kappa shape index (κ2) is 6.18. The molecule has 2 atom stereocenters. The molecule has 3 rings (SSSR count). The molecule has 3 heteroatoms. The van der Waals surface area contributed by atoms with Gasteiger partial charge in [0.2, 0.25) is 5.91 Å². The summed E-state index contributed by atoms with van der Waals surface area (Å²) in [6, 6.07) is 10.4. The fourth-order valence-electron chi connectivity index (χ4n) is 3.89. The zero-order valence-electron chi connectivity index (χ0n) is 12.6. The molecule has 2 saturated carbocycles. The third kappa shape index (κ3) is 3.13. The van der Waals surface area contributed by atoms with Gasteiger partial charge in [0.15, 0.2) is 0 Å². The Morgan fingerprint density at radius 3 is 2.57 bits per heavy atom. The number of nitrogens with two attached hydrogens (primary N) is 1. The molecular formula is C18H25NO2. The average molecular weight is 287 g/mol. The first-order valence-electron chi connectivity index (χ1n) is 8.18.